The Morgan fingerprint density at radius 1 is 1.31 bits per heavy atom. The van der Waals surface area contributed by atoms with Gasteiger partial charge >= 0.3 is 0 Å². The van der Waals surface area contributed by atoms with Crippen LogP contribution in [-0.2, 0) is 6.54 Å². The van der Waals surface area contributed by atoms with Crippen LogP contribution in [0.1, 0.15) is 24.8 Å². The van der Waals surface area contributed by atoms with Crippen molar-refractivity contribution in [2.24, 2.45) is 17.6 Å². The maximum Gasteiger partial charge on any atom is 0.155 e. The second kappa shape index (κ2) is 4.01. The summed E-state index contributed by atoms with van der Waals surface area (Å²) in [4.78, 5) is 2.38. The lowest BCUT2D eigenvalue weighted by Gasteiger charge is -2.19. The SMILES string of the molecule is NCc1ccnnc1N1CC2CCCC2C1. The molecule has 0 amide bonds. The first-order valence-electron chi connectivity index (χ1n) is 6.14. The lowest BCUT2D eigenvalue weighted by atomic mass is 10.0. The van der Waals surface area contributed by atoms with Gasteiger partial charge in [0.1, 0.15) is 0 Å². The zero-order valence-electron chi connectivity index (χ0n) is 9.47. The van der Waals surface area contributed by atoms with Crippen LogP contribution in [0, 0.1) is 11.8 Å². The Hall–Kier alpha value is -1.16. The number of nitrogens with zero attached hydrogens (tertiary/aromatic N) is 3. The fourth-order valence-corrected chi connectivity index (χ4v) is 3.18. The van der Waals surface area contributed by atoms with Crippen LogP contribution in [0.25, 0.3) is 0 Å². The third kappa shape index (κ3) is 1.57. The molecule has 1 saturated heterocycles. The molecular weight excluding hydrogens is 200 g/mol. The molecule has 4 heteroatoms. The van der Waals surface area contributed by atoms with Crippen molar-refractivity contribution < 1.29 is 0 Å². The second-order valence-electron chi connectivity index (χ2n) is 4.94. The number of aromatic nitrogens is 2. The van der Waals surface area contributed by atoms with Crippen molar-refractivity contribution in [2.75, 3.05) is 18.0 Å². The number of fused-ring (bicyclic) bond motifs is 1. The molecule has 2 aliphatic rings. The van der Waals surface area contributed by atoms with Crippen LogP contribution in [0.4, 0.5) is 5.82 Å². The topological polar surface area (TPSA) is 55.0 Å². The zero-order chi connectivity index (χ0) is 11.0. The smallest absolute Gasteiger partial charge is 0.155 e. The average Bonchev–Trinajstić information content (AvgIpc) is 2.89. The van der Waals surface area contributed by atoms with Gasteiger partial charge in [-0.3, -0.25) is 0 Å². The van der Waals surface area contributed by atoms with E-state index >= 15 is 0 Å². The Kier molecular flexibility index (Phi) is 2.52. The van der Waals surface area contributed by atoms with Crippen molar-refractivity contribution in [3.8, 4) is 0 Å². The molecule has 0 radical (unpaired) electrons. The van der Waals surface area contributed by atoms with Crippen LogP contribution < -0.4 is 10.6 Å². The van der Waals surface area contributed by atoms with Gasteiger partial charge < -0.3 is 10.6 Å². The van der Waals surface area contributed by atoms with Crippen LogP contribution in [0.5, 0.6) is 0 Å². The highest BCUT2D eigenvalue weighted by molar-refractivity contribution is 5.46. The summed E-state index contributed by atoms with van der Waals surface area (Å²) in [7, 11) is 0. The lowest BCUT2D eigenvalue weighted by Crippen LogP contribution is -2.24. The monoisotopic (exact) mass is 218 g/mol. The van der Waals surface area contributed by atoms with Gasteiger partial charge in [0.25, 0.3) is 0 Å². The minimum Gasteiger partial charge on any atom is -0.354 e. The molecule has 2 heterocycles. The van der Waals surface area contributed by atoms with Crippen LogP contribution in [0.2, 0.25) is 0 Å². The van der Waals surface area contributed by atoms with Gasteiger partial charge in [-0.2, -0.15) is 5.10 Å². The van der Waals surface area contributed by atoms with E-state index in [-0.39, 0.29) is 0 Å². The molecule has 1 aliphatic heterocycles. The summed E-state index contributed by atoms with van der Waals surface area (Å²) in [6.45, 7) is 2.85. The molecule has 0 bridgehead atoms. The van der Waals surface area contributed by atoms with Gasteiger partial charge in [0.15, 0.2) is 5.82 Å². The maximum atomic E-state index is 5.74. The van der Waals surface area contributed by atoms with Crippen LogP contribution in [0.15, 0.2) is 12.3 Å². The van der Waals surface area contributed by atoms with E-state index < -0.39 is 0 Å². The maximum absolute atomic E-state index is 5.74. The van der Waals surface area contributed by atoms with Gasteiger partial charge in [-0.15, -0.1) is 5.10 Å². The van der Waals surface area contributed by atoms with Crippen LogP contribution >= 0.6 is 0 Å². The molecule has 1 aromatic rings. The van der Waals surface area contributed by atoms with E-state index in [1.807, 2.05) is 6.07 Å². The Morgan fingerprint density at radius 2 is 2.06 bits per heavy atom. The van der Waals surface area contributed by atoms with Crippen molar-refractivity contribution in [2.45, 2.75) is 25.8 Å². The van der Waals surface area contributed by atoms with Crippen molar-refractivity contribution in [1.29, 1.82) is 0 Å². The molecule has 1 aromatic heterocycles. The standard InChI is InChI=1S/C12H18N4/c13-6-9-4-5-14-15-12(9)16-7-10-2-1-3-11(10)8-16/h4-5,10-11H,1-3,6-8,13H2. The highest BCUT2D eigenvalue weighted by Crippen LogP contribution is 2.39. The van der Waals surface area contributed by atoms with Crippen LogP contribution in [0.3, 0.4) is 0 Å². The number of hydrogen-bond acceptors (Lipinski definition) is 4. The molecule has 0 spiro atoms. The van der Waals surface area contributed by atoms with E-state index in [1.54, 1.807) is 6.20 Å². The Labute approximate surface area is 95.8 Å². The fourth-order valence-electron chi connectivity index (χ4n) is 3.18. The van der Waals surface area contributed by atoms with E-state index in [2.05, 4.69) is 15.1 Å². The van der Waals surface area contributed by atoms with Crippen molar-refractivity contribution in [1.82, 2.24) is 10.2 Å². The van der Waals surface area contributed by atoms with Gasteiger partial charge in [-0.25, -0.2) is 0 Å². The van der Waals surface area contributed by atoms with Crippen LogP contribution in [-0.4, -0.2) is 23.3 Å². The van der Waals surface area contributed by atoms with Crippen molar-refractivity contribution in [3.05, 3.63) is 17.8 Å². The lowest BCUT2D eigenvalue weighted by molar-refractivity contribution is 0.494. The summed E-state index contributed by atoms with van der Waals surface area (Å²) < 4.78 is 0. The van der Waals surface area contributed by atoms with Gasteiger partial charge in [0, 0.05) is 25.2 Å². The quantitative estimate of drug-likeness (QED) is 0.809. The predicted octanol–water partition coefficient (Wildman–Crippen LogP) is 1.17. The zero-order valence-corrected chi connectivity index (χ0v) is 9.47. The highest BCUT2D eigenvalue weighted by atomic mass is 15.3. The highest BCUT2D eigenvalue weighted by Gasteiger charge is 2.37. The van der Waals surface area contributed by atoms with E-state index in [9.17, 15) is 0 Å². The number of anilines is 1. The second-order valence-corrected chi connectivity index (χ2v) is 4.94. The molecule has 3 rings (SSSR count). The third-order valence-electron chi connectivity index (χ3n) is 4.03. The van der Waals surface area contributed by atoms with E-state index in [4.69, 9.17) is 5.73 Å². The van der Waals surface area contributed by atoms with Crippen molar-refractivity contribution >= 4 is 5.82 Å². The Morgan fingerprint density at radius 3 is 2.75 bits per heavy atom. The van der Waals surface area contributed by atoms with Gasteiger partial charge in [0.2, 0.25) is 0 Å². The Bertz CT molecular complexity index is 367. The molecule has 2 N–H and O–H groups in total. The number of nitrogens with two attached hydrogens (primary N) is 1. The molecule has 4 nitrogen and oxygen atoms in total. The molecule has 2 fully saturated rings. The molecule has 2 unspecified atom stereocenters. The van der Waals surface area contributed by atoms with E-state index in [1.165, 1.54) is 19.3 Å². The summed E-state index contributed by atoms with van der Waals surface area (Å²) in [5.41, 5.74) is 6.86. The third-order valence-corrected chi connectivity index (χ3v) is 4.03. The average molecular weight is 218 g/mol. The van der Waals surface area contributed by atoms with Gasteiger partial charge in [-0.05, 0) is 30.7 Å². The van der Waals surface area contributed by atoms with Crippen molar-refractivity contribution in [3.63, 3.8) is 0 Å². The Balaban J connectivity index is 1.83. The molecule has 86 valence electrons. The molecular formula is C12H18N4. The molecule has 2 atom stereocenters. The first-order valence-corrected chi connectivity index (χ1v) is 6.14. The molecule has 16 heavy (non-hydrogen) atoms. The van der Waals surface area contributed by atoms with Gasteiger partial charge in [0.05, 0.1) is 6.20 Å². The minimum absolute atomic E-state index is 0.552. The van der Waals surface area contributed by atoms with E-state index in [0.717, 1.165) is 36.3 Å². The first-order chi connectivity index (χ1) is 7.88. The summed E-state index contributed by atoms with van der Waals surface area (Å²) in [5.74, 6) is 2.78. The minimum atomic E-state index is 0.552. The van der Waals surface area contributed by atoms with Gasteiger partial charge in [-0.1, -0.05) is 6.42 Å². The summed E-state index contributed by atoms with van der Waals surface area (Å²) in [5, 5.41) is 8.24. The summed E-state index contributed by atoms with van der Waals surface area (Å²) >= 11 is 0. The largest absolute Gasteiger partial charge is 0.354 e. The normalized spacial score (nSPS) is 28.4. The summed E-state index contributed by atoms with van der Waals surface area (Å²) in [6.07, 6.45) is 5.91. The number of hydrogen-bond donors (Lipinski definition) is 1. The molecule has 1 aliphatic carbocycles. The van der Waals surface area contributed by atoms with E-state index in [0.29, 0.717) is 6.54 Å². The summed E-state index contributed by atoms with van der Waals surface area (Å²) in [6, 6.07) is 1.98. The number of rotatable bonds is 2. The molecule has 0 aromatic carbocycles. The fraction of sp³-hybridized carbons (Fsp3) is 0.667. The predicted molar refractivity (Wildman–Crippen MR) is 63.0 cm³/mol. The first kappa shape index (κ1) is 10.0. The molecule has 1 saturated carbocycles.